The van der Waals surface area contributed by atoms with E-state index in [-0.39, 0.29) is 24.4 Å². The van der Waals surface area contributed by atoms with Gasteiger partial charge in [-0.2, -0.15) is 0 Å². The Balaban J connectivity index is 1.28. The SMILES string of the molecule is c1cc(OCC2CO2)c(-c2cc(OCC3CO3)cc(OCC3CO3)c2)cc1OCC1CO1. The summed E-state index contributed by atoms with van der Waals surface area (Å²) in [6, 6.07) is 11.7. The molecule has 0 aliphatic carbocycles. The summed E-state index contributed by atoms with van der Waals surface area (Å²) in [7, 11) is 0. The lowest BCUT2D eigenvalue weighted by Crippen LogP contribution is -2.08. The van der Waals surface area contributed by atoms with Gasteiger partial charge in [0.15, 0.2) is 0 Å². The van der Waals surface area contributed by atoms with Crippen LogP contribution < -0.4 is 18.9 Å². The monoisotopic (exact) mass is 442 g/mol. The van der Waals surface area contributed by atoms with Crippen molar-refractivity contribution in [2.24, 2.45) is 0 Å². The fourth-order valence-corrected chi connectivity index (χ4v) is 3.25. The zero-order chi connectivity index (χ0) is 21.3. The first-order valence-electron chi connectivity index (χ1n) is 11.1. The molecule has 4 aliphatic rings. The fraction of sp³-hybridized carbons (Fsp3) is 0.500. The summed E-state index contributed by atoms with van der Waals surface area (Å²) in [5.74, 6) is 2.96. The molecule has 4 unspecified atom stereocenters. The van der Waals surface area contributed by atoms with Gasteiger partial charge < -0.3 is 37.9 Å². The van der Waals surface area contributed by atoms with E-state index in [2.05, 4.69) is 0 Å². The highest BCUT2D eigenvalue weighted by Gasteiger charge is 2.27. The van der Waals surface area contributed by atoms with Gasteiger partial charge in [0.1, 0.15) is 73.8 Å². The molecule has 4 saturated heterocycles. The third kappa shape index (κ3) is 5.63. The zero-order valence-electron chi connectivity index (χ0n) is 17.7. The Labute approximate surface area is 186 Å². The molecule has 0 radical (unpaired) electrons. The van der Waals surface area contributed by atoms with Crippen LogP contribution >= 0.6 is 0 Å². The Morgan fingerprint density at radius 1 is 0.562 bits per heavy atom. The Bertz CT molecular complexity index is 913. The Hall–Kier alpha value is -2.52. The summed E-state index contributed by atoms with van der Waals surface area (Å²) in [4.78, 5) is 0. The summed E-state index contributed by atoms with van der Waals surface area (Å²) in [5.41, 5.74) is 1.83. The topological polar surface area (TPSA) is 87.0 Å². The van der Waals surface area contributed by atoms with Crippen molar-refractivity contribution in [3.63, 3.8) is 0 Å². The van der Waals surface area contributed by atoms with Crippen LogP contribution in [0.4, 0.5) is 0 Å². The summed E-state index contributed by atoms with van der Waals surface area (Å²) in [6.45, 7) is 5.07. The van der Waals surface area contributed by atoms with Crippen LogP contribution in [0.5, 0.6) is 23.0 Å². The van der Waals surface area contributed by atoms with E-state index in [1.165, 1.54) is 0 Å². The lowest BCUT2D eigenvalue weighted by Gasteiger charge is -2.16. The molecule has 4 fully saturated rings. The maximum atomic E-state index is 6.08. The molecule has 2 aromatic rings. The number of rotatable bonds is 13. The molecule has 0 saturated carbocycles. The summed E-state index contributed by atoms with van der Waals surface area (Å²) in [5, 5.41) is 0. The molecule has 4 heterocycles. The van der Waals surface area contributed by atoms with E-state index in [0.29, 0.717) is 26.4 Å². The predicted molar refractivity (Wildman–Crippen MR) is 113 cm³/mol. The van der Waals surface area contributed by atoms with Gasteiger partial charge in [-0.1, -0.05) is 0 Å². The number of ether oxygens (including phenoxy) is 8. The lowest BCUT2D eigenvalue weighted by atomic mass is 10.0. The second kappa shape index (κ2) is 8.78. The fourth-order valence-electron chi connectivity index (χ4n) is 3.25. The molecule has 0 bridgehead atoms. The minimum atomic E-state index is 0.163. The van der Waals surface area contributed by atoms with Crippen molar-refractivity contribution in [3.8, 4) is 34.1 Å². The first-order chi connectivity index (χ1) is 15.8. The van der Waals surface area contributed by atoms with Gasteiger partial charge >= 0.3 is 0 Å². The maximum Gasteiger partial charge on any atom is 0.127 e. The van der Waals surface area contributed by atoms with Crippen LogP contribution in [-0.4, -0.2) is 77.3 Å². The quantitative estimate of drug-likeness (QED) is 0.437. The van der Waals surface area contributed by atoms with E-state index in [0.717, 1.165) is 60.6 Å². The minimum absolute atomic E-state index is 0.163. The van der Waals surface area contributed by atoms with Gasteiger partial charge in [-0.25, -0.2) is 0 Å². The third-order valence-corrected chi connectivity index (χ3v) is 5.48. The van der Waals surface area contributed by atoms with E-state index in [1.54, 1.807) is 0 Å². The van der Waals surface area contributed by atoms with E-state index in [9.17, 15) is 0 Å². The predicted octanol–water partition coefficient (Wildman–Crippen LogP) is 2.46. The van der Waals surface area contributed by atoms with Crippen molar-refractivity contribution in [2.75, 3.05) is 52.9 Å². The van der Waals surface area contributed by atoms with Gasteiger partial charge in [0.05, 0.1) is 26.4 Å². The van der Waals surface area contributed by atoms with Crippen molar-refractivity contribution in [2.45, 2.75) is 24.4 Å². The van der Waals surface area contributed by atoms with Gasteiger partial charge in [-0.15, -0.1) is 0 Å². The molecule has 32 heavy (non-hydrogen) atoms. The summed E-state index contributed by atoms with van der Waals surface area (Å²) >= 11 is 0. The smallest absolute Gasteiger partial charge is 0.127 e. The Kier molecular flexibility index (Phi) is 5.52. The minimum Gasteiger partial charge on any atom is -0.491 e. The second-order valence-electron chi connectivity index (χ2n) is 8.42. The zero-order valence-corrected chi connectivity index (χ0v) is 17.7. The van der Waals surface area contributed by atoms with Gasteiger partial charge in [-0.3, -0.25) is 0 Å². The van der Waals surface area contributed by atoms with E-state index in [1.807, 2.05) is 36.4 Å². The first kappa shape index (κ1) is 20.1. The molecular weight excluding hydrogens is 416 g/mol. The highest BCUT2D eigenvalue weighted by atomic mass is 16.6. The molecular formula is C24H26O8. The molecule has 8 nitrogen and oxygen atoms in total. The lowest BCUT2D eigenvalue weighted by molar-refractivity contribution is 0.252. The Morgan fingerprint density at radius 2 is 1.03 bits per heavy atom. The second-order valence-corrected chi connectivity index (χ2v) is 8.42. The molecule has 0 aromatic heterocycles. The molecule has 0 N–H and O–H groups in total. The van der Waals surface area contributed by atoms with Crippen LogP contribution in [0.2, 0.25) is 0 Å². The van der Waals surface area contributed by atoms with Crippen molar-refractivity contribution >= 4 is 0 Å². The molecule has 0 amide bonds. The third-order valence-electron chi connectivity index (χ3n) is 5.48. The normalized spacial score (nSPS) is 26.9. The van der Waals surface area contributed by atoms with E-state index < -0.39 is 0 Å². The standard InChI is InChI=1S/C24H26O8/c1-2-24(32-14-22-13-31-22)23(6-16(1)25-7-19-10-28-19)15-3-17(26-8-20-11-29-20)5-18(4-15)27-9-21-12-30-21/h1-6,19-22H,7-14H2. The molecule has 4 atom stereocenters. The number of epoxide rings is 4. The largest absolute Gasteiger partial charge is 0.491 e. The van der Waals surface area contributed by atoms with E-state index in [4.69, 9.17) is 37.9 Å². The van der Waals surface area contributed by atoms with Gasteiger partial charge in [0.25, 0.3) is 0 Å². The van der Waals surface area contributed by atoms with Gasteiger partial charge in [-0.05, 0) is 35.9 Å². The number of hydrogen-bond donors (Lipinski definition) is 0. The molecule has 2 aromatic carbocycles. The van der Waals surface area contributed by atoms with Crippen molar-refractivity contribution in [1.29, 1.82) is 0 Å². The molecule has 170 valence electrons. The van der Waals surface area contributed by atoms with Crippen LogP contribution in [0.3, 0.4) is 0 Å². The van der Waals surface area contributed by atoms with Crippen LogP contribution in [0.1, 0.15) is 0 Å². The maximum absolute atomic E-state index is 6.08. The average molecular weight is 442 g/mol. The van der Waals surface area contributed by atoms with Crippen molar-refractivity contribution < 1.29 is 37.9 Å². The van der Waals surface area contributed by atoms with Crippen LogP contribution in [0.15, 0.2) is 36.4 Å². The number of hydrogen-bond acceptors (Lipinski definition) is 8. The van der Waals surface area contributed by atoms with Gasteiger partial charge in [0, 0.05) is 11.6 Å². The van der Waals surface area contributed by atoms with Crippen molar-refractivity contribution in [1.82, 2.24) is 0 Å². The van der Waals surface area contributed by atoms with E-state index >= 15 is 0 Å². The molecule has 0 spiro atoms. The molecule has 6 rings (SSSR count). The average Bonchev–Trinajstić information content (AvgIpc) is 3.66. The van der Waals surface area contributed by atoms with Crippen LogP contribution in [0, 0.1) is 0 Å². The van der Waals surface area contributed by atoms with Crippen molar-refractivity contribution in [3.05, 3.63) is 36.4 Å². The van der Waals surface area contributed by atoms with Crippen LogP contribution in [-0.2, 0) is 18.9 Å². The Morgan fingerprint density at radius 3 is 1.53 bits per heavy atom. The van der Waals surface area contributed by atoms with Gasteiger partial charge in [0.2, 0.25) is 0 Å². The highest BCUT2D eigenvalue weighted by Crippen LogP contribution is 2.38. The van der Waals surface area contributed by atoms with Crippen LogP contribution in [0.25, 0.3) is 11.1 Å². The molecule has 4 aliphatic heterocycles. The number of benzene rings is 2. The highest BCUT2D eigenvalue weighted by molar-refractivity contribution is 5.74. The molecule has 8 heteroatoms. The summed E-state index contributed by atoms with van der Waals surface area (Å²) in [6.07, 6.45) is 0.687. The summed E-state index contributed by atoms with van der Waals surface area (Å²) < 4.78 is 45.1. The first-order valence-corrected chi connectivity index (χ1v) is 11.1.